The predicted octanol–water partition coefficient (Wildman–Crippen LogP) is 1.17. The Labute approximate surface area is 65.9 Å². The van der Waals surface area contributed by atoms with Gasteiger partial charge < -0.3 is 0 Å². The second-order valence-electron chi connectivity index (χ2n) is 1.93. The van der Waals surface area contributed by atoms with E-state index in [1.165, 1.54) is 5.56 Å². The molecule has 0 aliphatic rings. The van der Waals surface area contributed by atoms with Crippen LogP contribution in [0.25, 0.3) is 0 Å². The SMILES string of the molecule is Cc1cccc[c]1[Hg+]. The van der Waals surface area contributed by atoms with Gasteiger partial charge in [-0.2, -0.15) is 0 Å². The van der Waals surface area contributed by atoms with Gasteiger partial charge in [0.05, 0.1) is 0 Å². The summed E-state index contributed by atoms with van der Waals surface area (Å²) in [6.45, 7) is 2.17. The average molecular weight is 292 g/mol. The van der Waals surface area contributed by atoms with Crippen molar-refractivity contribution in [3.63, 3.8) is 0 Å². The molecule has 1 aromatic rings. The van der Waals surface area contributed by atoms with Gasteiger partial charge >= 0.3 is 65.9 Å². The van der Waals surface area contributed by atoms with E-state index in [1.54, 1.807) is 3.07 Å². The van der Waals surface area contributed by atoms with Crippen molar-refractivity contribution in [3.8, 4) is 0 Å². The molecule has 0 fully saturated rings. The van der Waals surface area contributed by atoms with Crippen molar-refractivity contribution < 1.29 is 26.1 Å². The third-order valence-corrected chi connectivity index (χ3v) is 4.35. The van der Waals surface area contributed by atoms with Crippen LogP contribution in [0, 0.1) is 6.92 Å². The Morgan fingerprint density at radius 3 is 2.25 bits per heavy atom. The number of rotatable bonds is 0. The van der Waals surface area contributed by atoms with Gasteiger partial charge in [-0.25, -0.2) is 0 Å². The molecule has 8 heavy (non-hydrogen) atoms. The molecule has 0 N–H and O–H groups in total. The zero-order chi connectivity index (χ0) is 5.98. The maximum absolute atomic E-state index is 2.21. The van der Waals surface area contributed by atoms with Gasteiger partial charge in [0.1, 0.15) is 0 Å². The van der Waals surface area contributed by atoms with Crippen molar-refractivity contribution in [2.75, 3.05) is 0 Å². The van der Waals surface area contributed by atoms with Crippen LogP contribution in [0.5, 0.6) is 0 Å². The molecule has 0 bridgehead atoms. The summed E-state index contributed by atoms with van der Waals surface area (Å²) in [4.78, 5) is 0. The van der Waals surface area contributed by atoms with Gasteiger partial charge in [0.25, 0.3) is 0 Å². The fraction of sp³-hybridized carbons (Fsp3) is 0.143. The van der Waals surface area contributed by atoms with E-state index in [1.807, 2.05) is 0 Å². The molecule has 0 radical (unpaired) electrons. The average Bonchev–Trinajstić information content (AvgIpc) is 1.77. The van der Waals surface area contributed by atoms with Crippen molar-refractivity contribution in [1.82, 2.24) is 0 Å². The van der Waals surface area contributed by atoms with Crippen molar-refractivity contribution in [1.29, 1.82) is 0 Å². The van der Waals surface area contributed by atoms with Gasteiger partial charge in [0.15, 0.2) is 0 Å². The van der Waals surface area contributed by atoms with Crippen LogP contribution in [0.2, 0.25) is 0 Å². The van der Waals surface area contributed by atoms with Crippen LogP contribution in [-0.2, 0) is 26.1 Å². The molecule has 0 atom stereocenters. The zero-order valence-electron chi connectivity index (χ0n) is 5.02. The van der Waals surface area contributed by atoms with E-state index < -0.39 is 0 Å². The Morgan fingerprint density at radius 1 is 1.25 bits per heavy atom. The molecular formula is C7H7Hg+. The van der Waals surface area contributed by atoms with Crippen molar-refractivity contribution in [3.05, 3.63) is 29.8 Å². The van der Waals surface area contributed by atoms with Crippen LogP contribution in [0.1, 0.15) is 5.56 Å². The molecule has 0 saturated carbocycles. The standard InChI is InChI=1S/C7H7.Hg/c1-7-5-3-2-4-6-7;/h2-5H,1H3;/q;+1. The molecule has 0 aromatic heterocycles. The normalized spacial score (nSPS) is 9.38. The van der Waals surface area contributed by atoms with E-state index in [2.05, 4.69) is 31.2 Å². The molecule has 1 heteroatoms. The molecule has 0 spiro atoms. The van der Waals surface area contributed by atoms with Gasteiger partial charge in [0.2, 0.25) is 0 Å². The van der Waals surface area contributed by atoms with E-state index in [0.717, 1.165) is 26.1 Å². The monoisotopic (exact) mass is 293 g/mol. The molecule has 0 nitrogen and oxygen atoms in total. The molecule has 36 valence electrons. The van der Waals surface area contributed by atoms with Crippen molar-refractivity contribution in [2.24, 2.45) is 0 Å². The Morgan fingerprint density at radius 2 is 1.88 bits per heavy atom. The number of hydrogen-bond donors (Lipinski definition) is 0. The third kappa shape index (κ3) is 1.31. The van der Waals surface area contributed by atoms with Crippen LogP contribution in [0.4, 0.5) is 0 Å². The quantitative estimate of drug-likeness (QED) is 0.630. The molecule has 0 amide bonds. The molecule has 1 aromatic carbocycles. The second kappa shape index (κ2) is 2.63. The summed E-state index contributed by atoms with van der Waals surface area (Å²) in [6, 6.07) is 8.57. The zero-order valence-corrected chi connectivity index (χ0v) is 10.5. The first-order valence-corrected chi connectivity index (χ1v) is 5.43. The topological polar surface area (TPSA) is 0 Å². The van der Waals surface area contributed by atoms with Crippen LogP contribution < -0.4 is 3.07 Å². The summed E-state index contributed by atoms with van der Waals surface area (Å²) in [5.41, 5.74) is 1.45. The first-order chi connectivity index (χ1) is 3.80. The van der Waals surface area contributed by atoms with Crippen molar-refractivity contribution >= 4 is 3.07 Å². The minimum absolute atomic E-state index is 0.798. The first kappa shape index (κ1) is 6.28. The predicted molar refractivity (Wildman–Crippen MR) is 30.8 cm³/mol. The van der Waals surface area contributed by atoms with E-state index in [-0.39, 0.29) is 0 Å². The summed E-state index contributed by atoms with van der Waals surface area (Å²) >= 11 is 0.798. The fourth-order valence-corrected chi connectivity index (χ4v) is 1.60. The minimum atomic E-state index is 0.798. The number of hydrogen-bond acceptors (Lipinski definition) is 0. The summed E-state index contributed by atoms with van der Waals surface area (Å²) in [5, 5.41) is 0. The molecule has 0 saturated heterocycles. The molecule has 0 heterocycles. The summed E-state index contributed by atoms with van der Waals surface area (Å²) in [5.74, 6) is 0. The van der Waals surface area contributed by atoms with Crippen LogP contribution in [-0.4, -0.2) is 0 Å². The van der Waals surface area contributed by atoms with E-state index >= 15 is 0 Å². The van der Waals surface area contributed by atoms with E-state index in [9.17, 15) is 0 Å². The number of benzene rings is 1. The number of aryl methyl sites for hydroxylation is 1. The van der Waals surface area contributed by atoms with E-state index in [0.29, 0.717) is 0 Å². The van der Waals surface area contributed by atoms with Crippen LogP contribution in [0.15, 0.2) is 24.3 Å². The maximum atomic E-state index is 2.21. The van der Waals surface area contributed by atoms with Gasteiger partial charge in [-0.1, -0.05) is 0 Å². The van der Waals surface area contributed by atoms with E-state index in [4.69, 9.17) is 0 Å². The van der Waals surface area contributed by atoms with Crippen LogP contribution in [0.3, 0.4) is 0 Å². The molecule has 1 rings (SSSR count). The molecule has 0 aliphatic carbocycles. The summed E-state index contributed by atoms with van der Waals surface area (Å²) in [6.07, 6.45) is 0. The Hall–Kier alpha value is 0.155. The third-order valence-electron chi connectivity index (χ3n) is 1.26. The van der Waals surface area contributed by atoms with Gasteiger partial charge in [0, 0.05) is 0 Å². The Kier molecular flexibility index (Phi) is 2.06. The fourth-order valence-electron chi connectivity index (χ4n) is 0.610. The summed E-state index contributed by atoms with van der Waals surface area (Å²) < 4.78 is 1.56. The summed E-state index contributed by atoms with van der Waals surface area (Å²) in [7, 11) is 0. The molecule has 0 unspecified atom stereocenters. The van der Waals surface area contributed by atoms with Gasteiger partial charge in [-0.15, -0.1) is 0 Å². The van der Waals surface area contributed by atoms with Crippen LogP contribution >= 0.6 is 0 Å². The molecule has 0 aliphatic heterocycles. The van der Waals surface area contributed by atoms with Crippen molar-refractivity contribution in [2.45, 2.75) is 6.92 Å². The molecular weight excluding hydrogens is 285 g/mol. The Balaban J connectivity index is 3.13. The van der Waals surface area contributed by atoms with Gasteiger partial charge in [-0.05, 0) is 0 Å². The van der Waals surface area contributed by atoms with Gasteiger partial charge in [-0.3, -0.25) is 0 Å². The first-order valence-electron chi connectivity index (χ1n) is 2.68. The second-order valence-corrected chi connectivity index (χ2v) is 4.89. The Bertz CT molecular complexity index is 160.